The van der Waals surface area contributed by atoms with E-state index < -0.39 is 37.6 Å². The second-order valence-corrected chi connectivity index (χ2v) is 3.41. The molecule has 0 aliphatic rings. The van der Waals surface area contributed by atoms with Gasteiger partial charge < -0.3 is 5.11 Å². The number of phenols is 1. The van der Waals surface area contributed by atoms with Crippen LogP contribution in [0, 0.1) is 30.3 Å². The van der Waals surface area contributed by atoms with Gasteiger partial charge in [0.25, 0.3) is 11.4 Å². The molecule has 22 heavy (non-hydrogen) atoms. The quantitative estimate of drug-likeness (QED) is 0.631. The van der Waals surface area contributed by atoms with E-state index in [0.717, 1.165) is 0 Å². The maximum absolute atomic E-state index is 10.4. The Hall–Kier alpha value is -3.77. The summed E-state index contributed by atoms with van der Waals surface area (Å²) < 4.78 is 0. The molecule has 1 heterocycles. The summed E-state index contributed by atoms with van der Waals surface area (Å²) >= 11 is 0. The van der Waals surface area contributed by atoms with Crippen molar-refractivity contribution in [1.29, 1.82) is 0 Å². The van der Waals surface area contributed by atoms with E-state index in [9.17, 15) is 30.3 Å². The van der Waals surface area contributed by atoms with Crippen molar-refractivity contribution in [3.63, 3.8) is 0 Å². The van der Waals surface area contributed by atoms with E-state index in [4.69, 9.17) is 5.11 Å². The molecule has 2 rings (SSSR count). The zero-order chi connectivity index (χ0) is 16.7. The molecule has 0 bridgehead atoms. The molecule has 13 heteroatoms. The number of non-ortho nitro benzene ring substituents is 1. The maximum Gasteiger partial charge on any atom is 0.324 e. The first kappa shape index (κ1) is 16.3. The number of nitro benzene ring substituents is 3. The number of hydrogen-bond acceptors (Lipinski definition) is 10. The molecule has 0 spiro atoms. The number of phenolic OH excluding ortho intramolecular Hbond substituents is 1. The standard InChI is InChI=1S/C6H3N3O7.C3H3N3/c10-6-4(8(13)14)1-3(7(11)12)2-5(6)9(15)16;1-2-4-6-5-3-1/h1-2,10H;1-3H. The fraction of sp³-hybridized carbons (Fsp3) is 0. The van der Waals surface area contributed by atoms with Crippen molar-refractivity contribution in [3.8, 4) is 5.75 Å². The first-order valence-corrected chi connectivity index (χ1v) is 5.23. The van der Waals surface area contributed by atoms with Gasteiger partial charge in [-0.1, -0.05) is 0 Å². The molecule has 13 nitrogen and oxygen atoms in total. The van der Waals surface area contributed by atoms with E-state index in [1.807, 2.05) is 0 Å². The van der Waals surface area contributed by atoms with Crippen LogP contribution in [-0.2, 0) is 0 Å². The van der Waals surface area contributed by atoms with E-state index in [1.165, 1.54) is 0 Å². The van der Waals surface area contributed by atoms with Crippen molar-refractivity contribution in [1.82, 2.24) is 15.4 Å². The predicted molar refractivity (Wildman–Crippen MR) is 67.9 cm³/mol. The minimum absolute atomic E-state index is 0.447. The van der Waals surface area contributed by atoms with E-state index in [1.54, 1.807) is 18.5 Å². The number of rotatable bonds is 3. The van der Waals surface area contributed by atoms with Crippen molar-refractivity contribution in [2.75, 3.05) is 0 Å². The zero-order valence-corrected chi connectivity index (χ0v) is 10.5. The summed E-state index contributed by atoms with van der Waals surface area (Å²) in [6.07, 6.45) is 3.15. The Bertz CT molecular complexity index is 645. The second-order valence-electron chi connectivity index (χ2n) is 3.41. The second kappa shape index (κ2) is 7.13. The third-order valence-corrected chi connectivity index (χ3v) is 2.07. The number of benzene rings is 1. The smallest absolute Gasteiger partial charge is 0.324 e. The largest absolute Gasteiger partial charge is 0.497 e. The van der Waals surface area contributed by atoms with Gasteiger partial charge in [0.15, 0.2) is 0 Å². The van der Waals surface area contributed by atoms with Gasteiger partial charge >= 0.3 is 11.4 Å². The summed E-state index contributed by atoms with van der Waals surface area (Å²) in [5.74, 6) is -1.21. The van der Waals surface area contributed by atoms with Gasteiger partial charge in [-0.15, -0.1) is 10.2 Å². The van der Waals surface area contributed by atoms with Gasteiger partial charge in [-0.3, -0.25) is 30.3 Å². The van der Waals surface area contributed by atoms with Crippen molar-refractivity contribution >= 4 is 17.1 Å². The summed E-state index contributed by atoms with van der Waals surface area (Å²) in [4.78, 5) is 27.8. The van der Waals surface area contributed by atoms with E-state index >= 15 is 0 Å². The molecule has 0 aliphatic carbocycles. The molecule has 0 saturated carbocycles. The highest BCUT2D eigenvalue weighted by Crippen LogP contribution is 2.38. The third kappa shape index (κ3) is 4.12. The van der Waals surface area contributed by atoms with Gasteiger partial charge in [0.1, 0.15) is 0 Å². The maximum atomic E-state index is 10.4. The van der Waals surface area contributed by atoms with Crippen LogP contribution in [0.4, 0.5) is 17.1 Å². The lowest BCUT2D eigenvalue weighted by molar-refractivity contribution is -0.404. The van der Waals surface area contributed by atoms with Crippen LogP contribution in [0.2, 0.25) is 0 Å². The van der Waals surface area contributed by atoms with Crippen LogP contribution in [0.3, 0.4) is 0 Å². The highest BCUT2D eigenvalue weighted by atomic mass is 16.6. The minimum atomic E-state index is -1.21. The van der Waals surface area contributed by atoms with Crippen LogP contribution in [0.5, 0.6) is 5.75 Å². The number of nitro groups is 3. The summed E-state index contributed by atoms with van der Waals surface area (Å²) in [5.41, 5.74) is -3.00. The number of hydrogen-bond donors (Lipinski definition) is 1. The number of aromatic hydroxyl groups is 1. The lowest BCUT2D eigenvalue weighted by Gasteiger charge is -1.97. The Morgan fingerprint density at radius 1 is 0.864 bits per heavy atom. The van der Waals surface area contributed by atoms with Gasteiger partial charge in [-0.05, 0) is 11.3 Å². The first-order chi connectivity index (χ1) is 10.3. The molecule has 0 amide bonds. The average Bonchev–Trinajstić information content (AvgIpc) is 2.49. The average molecular weight is 310 g/mol. The Morgan fingerprint density at radius 3 is 1.55 bits per heavy atom. The third-order valence-electron chi connectivity index (χ3n) is 2.07. The van der Waals surface area contributed by atoms with Crippen LogP contribution in [0.15, 0.2) is 30.6 Å². The first-order valence-electron chi connectivity index (χ1n) is 5.23. The molecule has 0 radical (unpaired) electrons. The molecule has 0 aliphatic heterocycles. The fourth-order valence-corrected chi connectivity index (χ4v) is 1.18. The molecule has 1 aromatic carbocycles. The normalized spacial score (nSPS) is 9.27. The zero-order valence-electron chi connectivity index (χ0n) is 10.5. The molecule has 0 saturated heterocycles. The Balaban J connectivity index is 0.000000335. The van der Waals surface area contributed by atoms with Gasteiger partial charge in [0.2, 0.25) is 0 Å². The molecule has 1 N–H and O–H groups in total. The number of nitrogens with zero attached hydrogens (tertiary/aromatic N) is 6. The Kier molecular flexibility index (Phi) is 5.28. The summed E-state index contributed by atoms with van der Waals surface area (Å²) in [6.45, 7) is 0. The van der Waals surface area contributed by atoms with E-state index in [0.29, 0.717) is 12.1 Å². The molecular formula is C9H6N6O7. The van der Waals surface area contributed by atoms with Gasteiger partial charge in [0.05, 0.1) is 39.3 Å². The molecular weight excluding hydrogens is 304 g/mol. The molecule has 0 fully saturated rings. The van der Waals surface area contributed by atoms with Gasteiger partial charge in [-0.2, -0.15) is 0 Å². The van der Waals surface area contributed by atoms with Gasteiger partial charge in [0, 0.05) is 0 Å². The topological polar surface area (TPSA) is 188 Å². The Labute approximate surface area is 120 Å². The molecule has 0 atom stereocenters. The van der Waals surface area contributed by atoms with Crippen LogP contribution >= 0.6 is 0 Å². The molecule has 1 aromatic heterocycles. The van der Waals surface area contributed by atoms with Crippen molar-refractivity contribution in [3.05, 3.63) is 60.9 Å². The predicted octanol–water partition coefficient (Wildman–Crippen LogP) is 0.988. The highest BCUT2D eigenvalue weighted by Gasteiger charge is 2.30. The minimum Gasteiger partial charge on any atom is -0.497 e. The van der Waals surface area contributed by atoms with Crippen LogP contribution in [-0.4, -0.2) is 35.3 Å². The Morgan fingerprint density at radius 2 is 1.32 bits per heavy atom. The fourth-order valence-electron chi connectivity index (χ4n) is 1.18. The number of aromatic nitrogens is 3. The highest BCUT2D eigenvalue weighted by molar-refractivity contribution is 5.64. The summed E-state index contributed by atoms with van der Waals surface area (Å²) in [6, 6.07) is 2.61. The molecule has 0 unspecified atom stereocenters. The van der Waals surface area contributed by atoms with Crippen LogP contribution < -0.4 is 0 Å². The summed E-state index contributed by atoms with van der Waals surface area (Å²) in [7, 11) is 0. The van der Waals surface area contributed by atoms with E-state index in [2.05, 4.69) is 15.4 Å². The van der Waals surface area contributed by atoms with Crippen molar-refractivity contribution in [2.24, 2.45) is 0 Å². The lowest BCUT2D eigenvalue weighted by atomic mass is 10.2. The van der Waals surface area contributed by atoms with Crippen LogP contribution in [0.1, 0.15) is 0 Å². The van der Waals surface area contributed by atoms with Gasteiger partial charge in [-0.25, -0.2) is 0 Å². The summed E-state index contributed by atoms with van der Waals surface area (Å²) in [5, 5.41) is 50.3. The monoisotopic (exact) mass is 310 g/mol. The SMILES string of the molecule is O=[N+]([O-])c1cc([N+](=O)[O-])c(O)c([N+](=O)[O-])c1.c1cnnnc1. The lowest BCUT2D eigenvalue weighted by Crippen LogP contribution is -1.97. The van der Waals surface area contributed by atoms with E-state index in [-0.39, 0.29) is 0 Å². The van der Waals surface area contributed by atoms with Crippen LogP contribution in [0.25, 0.3) is 0 Å². The molecule has 2 aromatic rings. The van der Waals surface area contributed by atoms with Crippen molar-refractivity contribution in [2.45, 2.75) is 0 Å². The van der Waals surface area contributed by atoms with Crippen molar-refractivity contribution < 1.29 is 19.9 Å². The molecule has 114 valence electrons.